The van der Waals surface area contributed by atoms with Gasteiger partial charge in [-0.15, -0.1) is 11.3 Å². The maximum Gasteiger partial charge on any atom is 0.0843 e. The second-order valence-corrected chi connectivity index (χ2v) is 8.59. The fourth-order valence-corrected chi connectivity index (χ4v) is 4.53. The van der Waals surface area contributed by atoms with Crippen LogP contribution in [0.5, 0.6) is 0 Å². The molecule has 116 valence electrons. The van der Waals surface area contributed by atoms with Crippen molar-refractivity contribution >= 4 is 43.2 Å². The van der Waals surface area contributed by atoms with Crippen LogP contribution in [-0.4, -0.2) is 6.54 Å². The quantitative estimate of drug-likeness (QED) is 0.374. The van der Waals surface area contributed by atoms with E-state index in [1.54, 1.807) is 0 Å². The van der Waals surface area contributed by atoms with Gasteiger partial charge in [-0.2, -0.15) is 0 Å². The largest absolute Gasteiger partial charge is 0.309 e. The van der Waals surface area contributed by atoms with Gasteiger partial charge in [0.15, 0.2) is 0 Å². The maximum absolute atomic E-state index is 3.70. The Kier molecular flexibility index (Phi) is 10.5. The number of nitrogens with one attached hydrogen (secondary N) is 1. The van der Waals surface area contributed by atoms with Gasteiger partial charge in [0, 0.05) is 15.4 Å². The van der Waals surface area contributed by atoms with E-state index in [0.29, 0.717) is 6.04 Å². The van der Waals surface area contributed by atoms with E-state index in [2.05, 4.69) is 57.1 Å². The summed E-state index contributed by atoms with van der Waals surface area (Å²) in [6.07, 6.45) is 10.7. The summed E-state index contributed by atoms with van der Waals surface area (Å²) in [6, 6.07) is 2.79. The van der Waals surface area contributed by atoms with Gasteiger partial charge in [0.1, 0.15) is 0 Å². The highest BCUT2D eigenvalue weighted by Crippen LogP contribution is 2.37. The van der Waals surface area contributed by atoms with E-state index < -0.39 is 0 Å². The lowest BCUT2D eigenvalue weighted by molar-refractivity contribution is 0.472. The van der Waals surface area contributed by atoms with Crippen molar-refractivity contribution in [3.8, 4) is 0 Å². The van der Waals surface area contributed by atoms with Crippen LogP contribution in [0, 0.1) is 0 Å². The molecule has 0 fully saturated rings. The average Bonchev–Trinajstić information content (AvgIpc) is 2.77. The van der Waals surface area contributed by atoms with Crippen molar-refractivity contribution in [2.75, 3.05) is 6.54 Å². The first-order valence-corrected chi connectivity index (χ1v) is 10.3. The van der Waals surface area contributed by atoms with Crippen LogP contribution in [0.2, 0.25) is 0 Å². The van der Waals surface area contributed by atoms with Gasteiger partial charge in [0.05, 0.1) is 3.79 Å². The Morgan fingerprint density at radius 1 is 1.05 bits per heavy atom. The molecule has 1 aromatic heterocycles. The van der Waals surface area contributed by atoms with Crippen molar-refractivity contribution in [1.82, 2.24) is 5.32 Å². The molecular weight excluding hydrogens is 398 g/mol. The summed E-state index contributed by atoms with van der Waals surface area (Å²) in [7, 11) is 0. The number of halogens is 2. The zero-order valence-electron chi connectivity index (χ0n) is 12.7. The maximum atomic E-state index is 3.70. The second-order valence-electron chi connectivity index (χ2n) is 5.33. The van der Waals surface area contributed by atoms with Crippen LogP contribution in [0.25, 0.3) is 0 Å². The fraction of sp³-hybridized carbons (Fsp3) is 0.750. The first-order chi connectivity index (χ1) is 9.69. The van der Waals surface area contributed by atoms with Crippen LogP contribution in [0.4, 0.5) is 0 Å². The minimum atomic E-state index is 0.522. The first-order valence-electron chi connectivity index (χ1n) is 7.87. The fourth-order valence-electron chi connectivity index (χ4n) is 2.33. The molecule has 0 bridgehead atoms. The topological polar surface area (TPSA) is 12.0 Å². The third-order valence-electron chi connectivity index (χ3n) is 3.49. The molecule has 0 aliphatic carbocycles. The third-order valence-corrected chi connectivity index (χ3v) is 6.86. The molecule has 1 aromatic rings. The van der Waals surface area contributed by atoms with Crippen molar-refractivity contribution in [2.24, 2.45) is 0 Å². The molecular formula is C16H27Br2NS. The number of rotatable bonds is 11. The minimum Gasteiger partial charge on any atom is -0.309 e. The van der Waals surface area contributed by atoms with E-state index >= 15 is 0 Å². The Hall–Kier alpha value is 0.620. The molecule has 0 amide bonds. The SMILES string of the molecule is CCCCCCCCC(NCCC)c1cc(Br)c(Br)s1. The standard InChI is InChI=1S/C16H27Br2NS/c1-3-5-6-7-8-9-10-14(19-11-4-2)15-12-13(17)16(18)20-15/h12,14,19H,3-11H2,1-2H3. The van der Waals surface area contributed by atoms with Gasteiger partial charge in [-0.3, -0.25) is 0 Å². The molecule has 0 radical (unpaired) electrons. The van der Waals surface area contributed by atoms with Gasteiger partial charge in [0.2, 0.25) is 0 Å². The Morgan fingerprint density at radius 2 is 1.75 bits per heavy atom. The van der Waals surface area contributed by atoms with Crippen LogP contribution in [-0.2, 0) is 0 Å². The molecule has 0 aliphatic rings. The number of unbranched alkanes of at least 4 members (excludes halogenated alkanes) is 5. The zero-order chi connectivity index (χ0) is 14.8. The van der Waals surface area contributed by atoms with Crippen molar-refractivity contribution in [1.29, 1.82) is 0 Å². The molecule has 1 unspecified atom stereocenters. The van der Waals surface area contributed by atoms with E-state index in [1.807, 2.05) is 11.3 Å². The van der Waals surface area contributed by atoms with Crippen molar-refractivity contribution < 1.29 is 0 Å². The summed E-state index contributed by atoms with van der Waals surface area (Å²) < 4.78 is 2.39. The summed E-state index contributed by atoms with van der Waals surface area (Å²) in [4.78, 5) is 1.45. The second kappa shape index (κ2) is 11.2. The molecule has 0 spiro atoms. The monoisotopic (exact) mass is 423 g/mol. The van der Waals surface area contributed by atoms with Gasteiger partial charge in [-0.25, -0.2) is 0 Å². The lowest BCUT2D eigenvalue weighted by Gasteiger charge is -2.17. The number of hydrogen-bond acceptors (Lipinski definition) is 2. The molecule has 1 N–H and O–H groups in total. The Labute approximate surface area is 145 Å². The normalized spacial score (nSPS) is 12.8. The van der Waals surface area contributed by atoms with Crippen molar-refractivity contribution in [3.05, 3.63) is 19.2 Å². The van der Waals surface area contributed by atoms with Crippen LogP contribution in [0.3, 0.4) is 0 Å². The van der Waals surface area contributed by atoms with E-state index in [1.165, 1.54) is 64.5 Å². The summed E-state index contributed by atoms with van der Waals surface area (Å²) in [6.45, 7) is 5.61. The summed E-state index contributed by atoms with van der Waals surface area (Å²) in [5, 5.41) is 3.70. The highest BCUT2D eigenvalue weighted by molar-refractivity contribution is 9.13. The predicted molar refractivity (Wildman–Crippen MR) is 98.7 cm³/mol. The van der Waals surface area contributed by atoms with Gasteiger partial charge in [-0.05, 0) is 57.3 Å². The number of thiophene rings is 1. The predicted octanol–water partition coefficient (Wildman–Crippen LogP) is 7.06. The lowest BCUT2D eigenvalue weighted by atomic mass is 10.0. The highest BCUT2D eigenvalue weighted by Gasteiger charge is 2.14. The molecule has 1 nitrogen and oxygen atoms in total. The summed E-state index contributed by atoms with van der Waals surface area (Å²) in [5.74, 6) is 0. The van der Waals surface area contributed by atoms with Crippen LogP contribution < -0.4 is 5.32 Å². The highest BCUT2D eigenvalue weighted by atomic mass is 79.9. The Balaban J connectivity index is 2.40. The minimum absolute atomic E-state index is 0.522. The molecule has 20 heavy (non-hydrogen) atoms. The average molecular weight is 425 g/mol. The molecule has 4 heteroatoms. The lowest BCUT2D eigenvalue weighted by Crippen LogP contribution is -2.21. The molecule has 1 heterocycles. The van der Waals surface area contributed by atoms with Crippen LogP contribution in [0.15, 0.2) is 14.3 Å². The molecule has 0 saturated heterocycles. The molecule has 0 saturated carbocycles. The summed E-state index contributed by atoms with van der Waals surface area (Å²) >= 11 is 9.06. The van der Waals surface area contributed by atoms with Crippen LogP contribution in [0.1, 0.15) is 76.1 Å². The zero-order valence-corrected chi connectivity index (χ0v) is 16.7. The van der Waals surface area contributed by atoms with Gasteiger partial charge in [-0.1, -0.05) is 52.4 Å². The Bertz CT molecular complexity index is 346. The molecule has 1 atom stereocenters. The van der Waals surface area contributed by atoms with Gasteiger partial charge < -0.3 is 5.32 Å². The van der Waals surface area contributed by atoms with Crippen molar-refractivity contribution in [3.63, 3.8) is 0 Å². The molecule has 1 rings (SSSR count). The van der Waals surface area contributed by atoms with Crippen molar-refractivity contribution in [2.45, 2.75) is 71.3 Å². The third kappa shape index (κ3) is 7.06. The Morgan fingerprint density at radius 3 is 2.35 bits per heavy atom. The van der Waals surface area contributed by atoms with E-state index in [0.717, 1.165) is 6.54 Å². The summed E-state index contributed by atoms with van der Waals surface area (Å²) in [5.41, 5.74) is 0. The van der Waals surface area contributed by atoms with Crippen LogP contribution >= 0.6 is 43.2 Å². The van der Waals surface area contributed by atoms with E-state index in [-0.39, 0.29) is 0 Å². The van der Waals surface area contributed by atoms with E-state index in [9.17, 15) is 0 Å². The number of hydrogen-bond donors (Lipinski definition) is 1. The first kappa shape index (κ1) is 18.7. The van der Waals surface area contributed by atoms with Gasteiger partial charge >= 0.3 is 0 Å². The molecule has 0 aliphatic heterocycles. The van der Waals surface area contributed by atoms with Gasteiger partial charge in [0.25, 0.3) is 0 Å². The molecule has 0 aromatic carbocycles. The smallest absolute Gasteiger partial charge is 0.0843 e. The van der Waals surface area contributed by atoms with E-state index in [4.69, 9.17) is 0 Å².